The summed E-state index contributed by atoms with van der Waals surface area (Å²) in [7, 11) is 1.22. The lowest BCUT2D eigenvalue weighted by Crippen LogP contribution is -2.32. The Morgan fingerprint density at radius 2 is 1.67 bits per heavy atom. The minimum Gasteiger partial charge on any atom is -0.496 e. The third-order valence-corrected chi connectivity index (χ3v) is 7.61. The Kier molecular flexibility index (Phi) is 6.87. The predicted molar refractivity (Wildman–Crippen MR) is 113 cm³/mol. The molecule has 0 spiro atoms. The Hall–Kier alpha value is -2.74. The fourth-order valence-corrected chi connectivity index (χ4v) is 5.44. The number of ether oxygens (including phenoxy) is 3. The lowest BCUT2D eigenvalue weighted by atomic mass is 10.1. The highest BCUT2D eigenvalue weighted by molar-refractivity contribution is 7.92. The summed E-state index contributed by atoms with van der Waals surface area (Å²) in [5, 5.41) is -0.575. The molecule has 3 rings (SSSR count). The molecule has 1 saturated heterocycles. The predicted octanol–water partition coefficient (Wildman–Crippen LogP) is 2.72. The van der Waals surface area contributed by atoms with E-state index in [4.69, 9.17) is 14.2 Å². The van der Waals surface area contributed by atoms with Crippen molar-refractivity contribution in [3.05, 3.63) is 48.0 Å². The average molecular weight is 434 g/mol. The Balaban J connectivity index is 1.67. The smallest absolute Gasteiger partial charge is 0.222 e. The normalized spacial score (nSPS) is 16.4. The van der Waals surface area contributed by atoms with Gasteiger partial charge in [0, 0.05) is 37.2 Å². The zero-order valence-electron chi connectivity index (χ0n) is 17.5. The van der Waals surface area contributed by atoms with Gasteiger partial charge in [-0.05, 0) is 25.0 Å². The van der Waals surface area contributed by atoms with E-state index in [0.717, 1.165) is 5.56 Å². The van der Waals surface area contributed by atoms with Crippen LogP contribution in [-0.4, -0.2) is 58.9 Å². The monoisotopic (exact) mass is 433 g/mol. The van der Waals surface area contributed by atoms with E-state index in [1.807, 2.05) is 0 Å². The van der Waals surface area contributed by atoms with Crippen LogP contribution in [0.1, 0.15) is 18.4 Å². The Morgan fingerprint density at radius 1 is 1.03 bits per heavy atom. The van der Waals surface area contributed by atoms with Crippen molar-refractivity contribution in [3.63, 3.8) is 0 Å². The molecule has 162 valence electrons. The summed E-state index contributed by atoms with van der Waals surface area (Å²) in [4.78, 5) is 14.7. The molecule has 1 amide bonds. The highest BCUT2D eigenvalue weighted by atomic mass is 32.2. The molecular formula is C22H27NO6S. The van der Waals surface area contributed by atoms with Gasteiger partial charge < -0.3 is 19.1 Å². The minimum absolute atomic E-state index is 0.0827. The number of likely N-dealkylation sites (tertiary alicyclic amines) is 1. The van der Waals surface area contributed by atoms with Gasteiger partial charge in [-0.3, -0.25) is 4.79 Å². The highest BCUT2D eigenvalue weighted by Gasteiger charge is 2.36. The van der Waals surface area contributed by atoms with E-state index in [1.54, 1.807) is 68.7 Å². The maximum Gasteiger partial charge on any atom is 0.222 e. The second kappa shape index (κ2) is 9.38. The van der Waals surface area contributed by atoms with Gasteiger partial charge >= 0.3 is 0 Å². The molecule has 1 aliphatic heterocycles. The quantitative estimate of drug-likeness (QED) is 0.637. The molecule has 0 radical (unpaired) electrons. The number of methoxy groups -OCH3 is 3. The molecule has 1 aliphatic rings. The van der Waals surface area contributed by atoms with E-state index in [-0.39, 0.29) is 18.9 Å². The zero-order valence-corrected chi connectivity index (χ0v) is 18.3. The van der Waals surface area contributed by atoms with Crippen molar-refractivity contribution in [2.45, 2.75) is 29.4 Å². The van der Waals surface area contributed by atoms with Crippen molar-refractivity contribution < 1.29 is 27.4 Å². The van der Waals surface area contributed by atoms with E-state index in [2.05, 4.69) is 0 Å². The second-order valence-electron chi connectivity index (χ2n) is 7.12. The number of carbonyl (C=O) groups is 1. The highest BCUT2D eigenvalue weighted by Crippen LogP contribution is 2.35. The third-order valence-electron chi connectivity index (χ3n) is 5.41. The summed E-state index contributed by atoms with van der Waals surface area (Å²) in [5.41, 5.74) is 0.779. The van der Waals surface area contributed by atoms with Crippen LogP contribution in [0, 0.1) is 0 Å². The first-order chi connectivity index (χ1) is 14.4. The number of hydrogen-bond acceptors (Lipinski definition) is 6. The number of rotatable bonds is 8. The number of benzene rings is 2. The van der Waals surface area contributed by atoms with Crippen molar-refractivity contribution in [3.8, 4) is 17.2 Å². The van der Waals surface area contributed by atoms with Gasteiger partial charge in [0.2, 0.25) is 5.91 Å². The first kappa shape index (κ1) is 22.0. The topological polar surface area (TPSA) is 82.1 Å². The van der Waals surface area contributed by atoms with Crippen LogP contribution in [0.5, 0.6) is 17.2 Å². The van der Waals surface area contributed by atoms with E-state index in [1.165, 1.54) is 0 Å². The van der Waals surface area contributed by atoms with Crippen LogP contribution in [0.15, 0.2) is 47.4 Å². The fourth-order valence-electron chi connectivity index (χ4n) is 3.72. The molecule has 0 saturated carbocycles. The van der Waals surface area contributed by atoms with Crippen molar-refractivity contribution in [2.24, 2.45) is 0 Å². The summed E-state index contributed by atoms with van der Waals surface area (Å²) in [6.07, 6.45) is 1.09. The van der Waals surface area contributed by atoms with Crippen LogP contribution < -0.4 is 14.2 Å². The summed E-state index contributed by atoms with van der Waals surface area (Å²) in [6, 6.07) is 11.9. The van der Waals surface area contributed by atoms with Gasteiger partial charge in [0.25, 0.3) is 0 Å². The Bertz CT molecular complexity index is 965. The minimum atomic E-state index is -3.45. The van der Waals surface area contributed by atoms with E-state index < -0.39 is 15.1 Å². The lowest BCUT2D eigenvalue weighted by molar-refractivity contribution is -0.130. The lowest BCUT2D eigenvalue weighted by Gasteiger charge is -2.18. The molecule has 2 aromatic rings. The van der Waals surface area contributed by atoms with Crippen LogP contribution >= 0.6 is 0 Å². The molecule has 0 bridgehead atoms. The van der Waals surface area contributed by atoms with Crippen LogP contribution in [-0.2, 0) is 21.1 Å². The van der Waals surface area contributed by atoms with Crippen LogP contribution in [0.4, 0.5) is 0 Å². The molecule has 1 atom stereocenters. The second-order valence-corrected chi connectivity index (χ2v) is 9.35. The van der Waals surface area contributed by atoms with Gasteiger partial charge in [0.15, 0.2) is 9.84 Å². The van der Waals surface area contributed by atoms with Crippen molar-refractivity contribution >= 4 is 15.7 Å². The van der Waals surface area contributed by atoms with Gasteiger partial charge in [-0.2, -0.15) is 0 Å². The molecule has 0 aliphatic carbocycles. The van der Waals surface area contributed by atoms with Gasteiger partial charge in [0.05, 0.1) is 31.5 Å². The van der Waals surface area contributed by atoms with Gasteiger partial charge in [-0.15, -0.1) is 0 Å². The standard InChI is InChI=1S/C22H27NO6S/c1-27-16-13-20(28-2)19(21(14-16)29-3)9-10-22(24)23-12-11-18(15-23)30(25,26)17-7-5-4-6-8-17/h4-8,13-14,18H,9-12,15H2,1-3H3. The van der Waals surface area contributed by atoms with Crippen LogP contribution in [0.25, 0.3) is 0 Å². The first-order valence-corrected chi connectivity index (χ1v) is 11.3. The largest absolute Gasteiger partial charge is 0.496 e. The van der Waals surface area contributed by atoms with E-state index >= 15 is 0 Å². The summed E-state index contributed by atoms with van der Waals surface area (Å²) in [6.45, 7) is 0.652. The molecule has 1 heterocycles. The number of amides is 1. The average Bonchev–Trinajstić information content (AvgIpc) is 3.28. The molecule has 8 heteroatoms. The van der Waals surface area contributed by atoms with Gasteiger partial charge in [-0.1, -0.05) is 18.2 Å². The SMILES string of the molecule is COc1cc(OC)c(CCC(=O)N2CCC(S(=O)(=O)c3ccccc3)C2)c(OC)c1. The summed E-state index contributed by atoms with van der Waals surface area (Å²) >= 11 is 0. The number of carbonyl (C=O) groups excluding carboxylic acids is 1. The number of nitrogens with zero attached hydrogens (tertiary/aromatic N) is 1. The fraction of sp³-hybridized carbons (Fsp3) is 0.409. The molecule has 2 aromatic carbocycles. The molecule has 0 N–H and O–H groups in total. The summed E-state index contributed by atoms with van der Waals surface area (Å²) in [5.74, 6) is 1.70. The zero-order chi connectivity index (χ0) is 21.7. The molecule has 1 unspecified atom stereocenters. The maximum absolute atomic E-state index is 12.8. The van der Waals surface area contributed by atoms with Crippen molar-refractivity contribution in [1.29, 1.82) is 0 Å². The van der Waals surface area contributed by atoms with Crippen molar-refractivity contribution in [2.75, 3.05) is 34.4 Å². The van der Waals surface area contributed by atoms with Gasteiger partial charge in [-0.25, -0.2) is 8.42 Å². The van der Waals surface area contributed by atoms with Crippen LogP contribution in [0.3, 0.4) is 0 Å². The maximum atomic E-state index is 12.8. The molecule has 0 aromatic heterocycles. The summed E-state index contributed by atoms with van der Waals surface area (Å²) < 4.78 is 41.8. The molecular weight excluding hydrogens is 406 g/mol. The number of sulfone groups is 1. The third kappa shape index (κ3) is 4.53. The Morgan fingerprint density at radius 3 is 2.23 bits per heavy atom. The molecule has 30 heavy (non-hydrogen) atoms. The van der Waals surface area contributed by atoms with Gasteiger partial charge in [0.1, 0.15) is 17.2 Å². The van der Waals surface area contributed by atoms with Crippen LogP contribution in [0.2, 0.25) is 0 Å². The molecule has 7 nitrogen and oxygen atoms in total. The van der Waals surface area contributed by atoms with E-state index in [9.17, 15) is 13.2 Å². The first-order valence-electron chi connectivity index (χ1n) is 9.76. The Labute approximate surface area is 177 Å². The van der Waals surface area contributed by atoms with E-state index in [0.29, 0.717) is 41.5 Å². The molecule has 1 fully saturated rings. The van der Waals surface area contributed by atoms with Crippen molar-refractivity contribution in [1.82, 2.24) is 4.90 Å². The number of hydrogen-bond donors (Lipinski definition) is 0.